The molecule has 0 atom stereocenters. The first-order chi connectivity index (χ1) is 9.29. The van der Waals surface area contributed by atoms with E-state index in [1.807, 2.05) is 18.2 Å². The normalized spacial score (nSPS) is 13.5. The predicted molar refractivity (Wildman–Crippen MR) is 76.2 cm³/mol. The number of nitrogens with zero attached hydrogens (tertiary/aromatic N) is 2. The molecule has 1 aromatic carbocycles. The molecule has 4 nitrogen and oxygen atoms in total. The van der Waals surface area contributed by atoms with E-state index in [4.69, 9.17) is 4.74 Å². The summed E-state index contributed by atoms with van der Waals surface area (Å²) in [7, 11) is 0. The van der Waals surface area contributed by atoms with Crippen molar-refractivity contribution >= 4 is 27.1 Å². The van der Waals surface area contributed by atoms with Gasteiger partial charge in [-0.2, -0.15) is 0 Å². The Hall–Kier alpha value is -1.88. The third-order valence-electron chi connectivity index (χ3n) is 3.27. The highest BCUT2D eigenvalue weighted by molar-refractivity contribution is 9.10. The molecule has 3 heterocycles. The molecule has 0 amide bonds. The molecule has 0 saturated carbocycles. The summed E-state index contributed by atoms with van der Waals surface area (Å²) in [6, 6.07) is 8.15. The van der Waals surface area contributed by atoms with Crippen molar-refractivity contribution in [2.24, 2.45) is 0 Å². The number of H-pyrrole nitrogens is 1. The molecule has 0 saturated heterocycles. The van der Waals surface area contributed by atoms with E-state index in [0.717, 1.165) is 45.8 Å². The van der Waals surface area contributed by atoms with Gasteiger partial charge >= 0.3 is 0 Å². The number of halogens is 1. The molecule has 1 N–H and O–H groups in total. The van der Waals surface area contributed by atoms with Gasteiger partial charge in [0.15, 0.2) is 5.65 Å². The van der Waals surface area contributed by atoms with Crippen molar-refractivity contribution < 1.29 is 4.74 Å². The summed E-state index contributed by atoms with van der Waals surface area (Å²) in [4.78, 5) is 12.1. The molecule has 5 heteroatoms. The van der Waals surface area contributed by atoms with Gasteiger partial charge in [0.25, 0.3) is 0 Å². The zero-order valence-corrected chi connectivity index (χ0v) is 11.6. The second-order valence-corrected chi connectivity index (χ2v) is 5.45. The minimum absolute atomic E-state index is 0.731. The third-order valence-corrected chi connectivity index (χ3v) is 3.70. The number of ether oxygens (including phenoxy) is 1. The van der Waals surface area contributed by atoms with Crippen molar-refractivity contribution in [3.8, 4) is 17.1 Å². The SMILES string of the molecule is Brc1cnc2nc(-c3ccc4c(c3)CCO4)[nH]c2c1. The molecule has 0 fully saturated rings. The molecule has 0 radical (unpaired) electrons. The fourth-order valence-corrected chi connectivity index (χ4v) is 2.68. The Kier molecular flexibility index (Phi) is 2.35. The average Bonchev–Trinajstić information content (AvgIpc) is 3.02. The number of pyridine rings is 1. The zero-order valence-electron chi connectivity index (χ0n) is 9.98. The maximum absolute atomic E-state index is 5.51. The lowest BCUT2D eigenvalue weighted by atomic mass is 10.1. The molecule has 1 aliphatic heterocycles. The van der Waals surface area contributed by atoms with Crippen molar-refractivity contribution in [3.63, 3.8) is 0 Å². The van der Waals surface area contributed by atoms with Crippen LogP contribution in [0.25, 0.3) is 22.6 Å². The minimum Gasteiger partial charge on any atom is -0.493 e. The van der Waals surface area contributed by atoms with Crippen molar-refractivity contribution in [1.82, 2.24) is 15.0 Å². The van der Waals surface area contributed by atoms with Gasteiger partial charge in [-0.1, -0.05) is 0 Å². The summed E-state index contributed by atoms with van der Waals surface area (Å²) < 4.78 is 6.46. The van der Waals surface area contributed by atoms with Crippen LogP contribution in [-0.2, 0) is 6.42 Å². The first-order valence-electron chi connectivity index (χ1n) is 6.07. The molecule has 0 unspecified atom stereocenters. The lowest BCUT2D eigenvalue weighted by Gasteiger charge is -2.00. The lowest BCUT2D eigenvalue weighted by molar-refractivity contribution is 0.357. The van der Waals surface area contributed by atoms with E-state index in [-0.39, 0.29) is 0 Å². The van der Waals surface area contributed by atoms with E-state index in [1.165, 1.54) is 5.56 Å². The van der Waals surface area contributed by atoms with Crippen LogP contribution < -0.4 is 4.74 Å². The highest BCUT2D eigenvalue weighted by atomic mass is 79.9. The summed E-state index contributed by atoms with van der Waals surface area (Å²) in [5.74, 6) is 1.83. The van der Waals surface area contributed by atoms with Gasteiger partial charge in [0, 0.05) is 22.7 Å². The van der Waals surface area contributed by atoms with Crippen LogP contribution in [0, 0.1) is 0 Å². The molecule has 0 spiro atoms. The van der Waals surface area contributed by atoms with E-state index >= 15 is 0 Å². The molecule has 2 aromatic heterocycles. The van der Waals surface area contributed by atoms with E-state index in [9.17, 15) is 0 Å². The zero-order chi connectivity index (χ0) is 12.8. The average molecular weight is 316 g/mol. The van der Waals surface area contributed by atoms with Crippen molar-refractivity contribution in [2.45, 2.75) is 6.42 Å². The fraction of sp³-hybridized carbons (Fsp3) is 0.143. The molecule has 3 aromatic rings. The first-order valence-corrected chi connectivity index (χ1v) is 6.86. The number of aromatic amines is 1. The van der Waals surface area contributed by atoms with Gasteiger partial charge in [0.05, 0.1) is 12.1 Å². The van der Waals surface area contributed by atoms with Crippen LogP contribution >= 0.6 is 15.9 Å². The minimum atomic E-state index is 0.731. The van der Waals surface area contributed by atoms with Gasteiger partial charge in [0.1, 0.15) is 11.6 Å². The molecule has 0 bridgehead atoms. The largest absolute Gasteiger partial charge is 0.493 e. The highest BCUT2D eigenvalue weighted by Crippen LogP contribution is 2.30. The first kappa shape index (κ1) is 11.0. The van der Waals surface area contributed by atoms with E-state index in [1.54, 1.807) is 6.20 Å². The molecule has 4 rings (SSSR count). The predicted octanol–water partition coefficient (Wildman–Crippen LogP) is 3.32. The van der Waals surface area contributed by atoms with Crippen LogP contribution in [0.3, 0.4) is 0 Å². The summed E-state index contributed by atoms with van der Waals surface area (Å²) in [6.07, 6.45) is 2.72. The van der Waals surface area contributed by atoms with Crippen LogP contribution in [0.15, 0.2) is 34.9 Å². The standard InChI is InChI=1S/C14H10BrN3O/c15-10-6-11-14(16-7-10)18-13(17-11)9-1-2-12-8(5-9)3-4-19-12/h1-2,5-7H,3-4H2,(H,16,17,18). The van der Waals surface area contributed by atoms with Gasteiger partial charge in [-0.05, 0) is 45.8 Å². The number of benzene rings is 1. The molecule has 0 aliphatic carbocycles. The molecule has 94 valence electrons. The van der Waals surface area contributed by atoms with E-state index < -0.39 is 0 Å². The lowest BCUT2D eigenvalue weighted by Crippen LogP contribution is -1.85. The van der Waals surface area contributed by atoms with Gasteiger partial charge < -0.3 is 9.72 Å². The Labute approximate surface area is 118 Å². The number of aromatic nitrogens is 3. The second-order valence-electron chi connectivity index (χ2n) is 4.53. The molecule has 19 heavy (non-hydrogen) atoms. The van der Waals surface area contributed by atoms with E-state index in [2.05, 4.69) is 36.9 Å². The molecular formula is C14H10BrN3O. The summed E-state index contributed by atoms with van der Waals surface area (Å²) >= 11 is 3.41. The third kappa shape index (κ3) is 1.81. The van der Waals surface area contributed by atoms with Crippen molar-refractivity contribution in [3.05, 3.63) is 40.5 Å². The van der Waals surface area contributed by atoms with Crippen molar-refractivity contribution in [2.75, 3.05) is 6.61 Å². The molecule has 1 aliphatic rings. The van der Waals surface area contributed by atoms with Crippen LogP contribution in [0.2, 0.25) is 0 Å². The summed E-state index contributed by atoms with van der Waals surface area (Å²) in [5, 5.41) is 0. The summed E-state index contributed by atoms with van der Waals surface area (Å²) in [6.45, 7) is 0.771. The Morgan fingerprint density at radius 3 is 3.16 bits per heavy atom. The highest BCUT2D eigenvalue weighted by Gasteiger charge is 2.14. The van der Waals surface area contributed by atoms with Crippen LogP contribution in [0.4, 0.5) is 0 Å². The van der Waals surface area contributed by atoms with Crippen LogP contribution in [-0.4, -0.2) is 21.6 Å². The van der Waals surface area contributed by atoms with Gasteiger partial charge in [-0.15, -0.1) is 0 Å². The molecular weight excluding hydrogens is 306 g/mol. The van der Waals surface area contributed by atoms with Gasteiger partial charge in [-0.3, -0.25) is 0 Å². The van der Waals surface area contributed by atoms with Gasteiger partial charge in [0.2, 0.25) is 0 Å². The number of rotatable bonds is 1. The fourth-order valence-electron chi connectivity index (χ4n) is 2.35. The maximum atomic E-state index is 5.51. The monoisotopic (exact) mass is 315 g/mol. The topological polar surface area (TPSA) is 50.8 Å². The summed E-state index contributed by atoms with van der Waals surface area (Å²) in [5.41, 5.74) is 3.97. The Balaban J connectivity index is 1.85. The van der Waals surface area contributed by atoms with Crippen LogP contribution in [0.1, 0.15) is 5.56 Å². The Morgan fingerprint density at radius 1 is 1.26 bits per heavy atom. The Bertz CT molecular complexity index is 781. The Morgan fingerprint density at radius 2 is 2.21 bits per heavy atom. The number of hydrogen-bond acceptors (Lipinski definition) is 3. The second kappa shape index (κ2) is 4.06. The van der Waals surface area contributed by atoms with Crippen molar-refractivity contribution in [1.29, 1.82) is 0 Å². The van der Waals surface area contributed by atoms with Crippen LogP contribution in [0.5, 0.6) is 5.75 Å². The number of hydrogen-bond donors (Lipinski definition) is 1. The smallest absolute Gasteiger partial charge is 0.178 e. The van der Waals surface area contributed by atoms with E-state index in [0.29, 0.717) is 0 Å². The quantitative estimate of drug-likeness (QED) is 0.749. The van der Waals surface area contributed by atoms with Gasteiger partial charge in [-0.25, -0.2) is 9.97 Å². The number of imidazole rings is 1. The maximum Gasteiger partial charge on any atom is 0.178 e. The number of fused-ring (bicyclic) bond motifs is 2. The number of nitrogens with one attached hydrogen (secondary N) is 1.